The van der Waals surface area contributed by atoms with E-state index in [0.717, 1.165) is 11.3 Å². The van der Waals surface area contributed by atoms with Crippen LogP contribution in [0.4, 0.5) is 5.69 Å². The summed E-state index contributed by atoms with van der Waals surface area (Å²) >= 11 is 0. The number of carbonyl (C=O) groups excluding carboxylic acids is 2. The molecule has 31 heavy (non-hydrogen) atoms. The largest absolute Gasteiger partial charge is 0.490 e. The Bertz CT molecular complexity index is 1090. The highest BCUT2D eigenvalue weighted by Gasteiger charge is 2.34. The van der Waals surface area contributed by atoms with E-state index in [-0.39, 0.29) is 11.5 Å². The molecule has 1 aliphatic rings. The lowest BCUT2D eigenvalue weighted by Crippen LogP contribution is -2.35. The molecule has 1 saturated heterocycles. The Morgan fingerprint density at radius 1 is 0.806 bits per heavy atom. The van der Waals surface area contributed by atoms with Crippen LogP contribution in [0.15, 0.2) is 84.4 Å². The van der Waals surface area contributed by atoms with Crippen LogP contribution in [0.5, 0.6) is 11.5 Å². The van der Waals surface area contributed by atoms with Gasteiger partial charge in [-0.2, -0.15) is 0 Å². The smallest absolute Gasteiger partial charge is 0.282 e. The van der Waals surface area contributed by atoms with Gasteiger partial charge >= 0.3 is 0 Å². The second kappa shape index (κ2) is 9.17. The number of para-hydroxylation sites is 1. The third kappa shape index (κ3) is 4.93. The first-order valence-corrected chi connectivity index (χ1v) is 9.95. The van der Waals surface area contributed by atoms with E-state index >= 15 is 0 Å². The highest BCUT2D eigenvalue weighted by molar-refractivity contribution is 6.31. The van der Waals surface area contributed by atoms with E-state index in [0.29, 0.717) is 24.7 Å². The lowest BCUT2D eigenvalue weighted by Gasteiger charge is -2.13. The monoisotopic (exact) mass is 414 g/mol. The van der Waals surface area contributed by atoms with Crippen molar-refractivity contribution in [2.24, 2.45) is 0 Å². The molecule has 3 aromatic carbocycles. The van der Waals surface area contributed by atoms with Crippen molar-refractivity contribution in [3.8, 4) is 11.5 Å². The summed E-state index contributed by atoms with van der Waals surface area (Å²) < 4.78 is 11.3. The Kier molecular flexibility index (Phi) is 5.98. The van der Waals surface area contributed by atoms with Gasteiger partial charge in [0.25, 0.3) is 11.8 Å². The van der Waals surface area contributed by atoms with Gasteiger partial charge in [0, 0.05) is 0 Å². The molecule has 2 amide bonds. The molecule has 0 aromatic heterocycles. The minimum atomic E-state index is -0.428. The SMILES string of the molecule is Cc1ccc(OCCOc2ccc(C=C3C(=O)NN(c4ccccc4)C3=O)cc2)cc1. The van der Waals surface area contributed by atoms with Crippen molar-refractivity contribution in [2.45, 2.75) is 6.92 Å². The van der Waals surface area contributed by atoms with E-state index < -0.39 is 5.91 Å². The van der Waals surface area contributed by atoms with Crippen LogP contribution < -0.4 is 19.9 Å². The van der Waals surface area contributed by atoms with Gasteiger partial charge in [0.05, 0.1) is 5.69 Å². The lowest BCUT2D eigenvalue weighted by molar-refractivity contribution is -0.117. The number of hydrazine groups is 1. The van der Waals surface area contributed by atoms with Crippen molar-refractivity contribution in [1.82, 2.24) is 5.43 Å². The number of hydrogen-bond acceptors (Lipinski definition) is 4. The first-order valence-electron chi connectivity index (χ1n) is 9.95. The second-order valence-electron chi connectivity index (χ2n) is 7.05. The van der Waals surface area contributed by atoms with Crippen molar-refractivity contribution < 1.29 is 19.1 Å². The summed E-state index contributed by atoms with van der Waals surface area (Å²) in [5, 5.41) is 1.25. The molecule has 1 fully saturated rings. The molecular formula is C25H22N2O4. The van der Waals surface area contributed by atoms with Gasteiger partial charge in [0.2, 0.25) is 0 Å². The molecule has 0 unspecified atom stereocenters. The van der Waals surface area contributed by atoms with Gasteiger partial charge < -0.3 is 9.47 Å². The third-order valence-corrected chi connectivity index (χ3v) is 4.74. The van der Waals surface area contributed by atoms with Crippen LogP contribution in [0.2, 0.25) is 0 Å². The van der Waals surface area contributed by atoms with Gasteiger partial charge in [-0.1, -0.05) is 48.0 Å². The van der Waals surface area contributed by atoms with Crippen LogP contribution in [0, 0.1) is 6.92 Å². The summed E-state index contributed by atoms with van der Waals surface area (Å²) in [6.45, 7) is 2.86. The predicted molar refractivity (Wildman–Crippen MR) is 119 cm³/mol. The fourth-order valence-electron chi connectivity index (χ4n) is 3.10. The molecule has 0 atom stereocenters. The first kappa shape index (κ1) is 20.2. The van der Waals surface area contributed by atoms with E-state index in [9.17, 15) is 9.59 Å². The molecule has 1 heterocycles. The Balaban J connectivity index is 1.33. The average molecular weight is 414 g/mol. The summed E-state index contributed by atoms with van der Waals surface area (Å²) in [4.78, 5) is 24.9. The number of hydrogen-bond donors (Lipinski definition) is 1. The number of aryl methyl sites for hydroxylation is 1. The minimum Gasteiger partial charge on any atom is -0.490 e. The van der Waals surface area contributed by atoms with Crippen molar-refractivity contribution in [1.29, 1.82) is 0 Å². The fraction of sp³-hybridized carbons (Fsp3) is 0.120. The van der Waals surface area contributed by atoms with Gasteiger partial charge in [-0.15, -0.1) is 0 Å². The van der Waals surface area contributed by atoms with Crippen molar-refractivity contribution in [3.05, 3.63) is 95.6 Å². The zero-order valence-electron chi connectivity index (χ0n) is 17.1. The summed E-state index contributed by atoms with van der Waals surface area (Å²) in [6.07, 6.45) is 1.57. The van der Waals surface area contributed by atoms with Crippen LogP contribution in [-0.2, 0) is 9.59 Å². The predicted octanol–water partition coefficient (Wildman–Crippen LogP) is 3.91. The standard InChI is InChI=1S/C25H22N2O4/c1-18-7-11-21(12-8-18)30-15-16-31-22-13-9-19(10-14-22)17-23-24(28)26-27(25(23)29)20-5-3-2-4-6-20/h2-14,17H,15-16H2,1H3,(H,26,28). The topological polar surface area (TPSA) is 67.9 Å². The van der Waals surface area contributed by atoms with E-state index in [1.54, 1.807) is 54.6 Å². The Hall–Kier alpha value is -4.06. The van der Waals surface area contributed by atoms with E-state index in [1.165, 1.54) is 10.6 Å². The molecule has 0 spiro atoms. The highest BCUT2D eigenvalue weighted by Crippen LogP contribution is 2.22. The number of rotatable bonds is 7. The maximum Gasteiger partial charge on any atom is 0.282 e. The average Bonchev–Trinajstić information content (AvgIpc) is 3.08. The Morgan fingerprint density at radius 3 is 2.00 bits per heavy atom. The van der Waals surface area contributed by atoms with Crippen molar-refractivity contribution >= 4 is 23.6 Å². The molecular weight excluding hydrogens is 392 g/mol. The van der Waals surface area contributed by atoms with Crippen molar-refractivity contribution in [3.63, 3.8) is 0 Å². The number of nitrogens with one attached hydrogen (secondary N) is 1. The first-order chi connectivity index (χ1) is 15.1. The molecule has 0 saturated carbocycles. The van der Waals surface area contributed by atoms with Gasteiger partial charge in [0.15, 0.2) is 0 Å². The Labute approximate surface area is 180 Å². The molecule has 3 aromatic rings. The number of benzene rings is 3. The van der Waals surface area contributed by atoms with Gasteiger partial charge in [-0.25, -0.2) is 5.01 Å². The fourth-order valence-corrected chi connectivity index (χ4v) is 3.10. The molecule has 0 bridgehead atoms. The molecule has 0 radical (unpaired) electrons. The molecule has 1 aliphatic heterocycles. The number of anilines is 1. The maximum atomic E-state index is 12.6. The number of nitrogens with zero attached hydrogens (tertiary/aromatic N) is 1. The molecule has 0 aliphatic carbocycles. The summed E-state index contributed by atoms with van der Waals surface area (Å²) in [5.41, 5.74) is 5.21. The van der Waals surface area contributed by atoms with Gasteiger partial charge in [-0.3, -0.25) is 15.0 Å². The molecule has 1 N–H and O–H groups in total. The van der Waals surface area contributed by atoms with Crippen LogP contribution in [0.25, 0.3) is 6.08 Å². The van der Waals surface area contributed by atoms with Crippen LogP contribution in [-0.4, -0.2) is 25.0 Å². The quantitative estimate of drug-likeness (QED) is 0.362. The molecule has 4 rings (SSSR count). The van der Waals surface area contributed by atoms with Crippen LogP contribution >= 0.6 is 0 Å². The zero-order chi connectivity index (χ0) is 21.6. The minimum absolute atomic E-state index is 0.0871. The van der Waals surface area contributed by atoms with Crippen LogP contribution in [0.3, 0.4) is 0 Å². The molecule has 156 valence electrons. The van der Waals surface area contributed by atoms with E-state index in [2.05, 4.69) is 5.43 Å². The van der Waals surface area contributed by atoms with Crippen LogP contribution in [0.1, 0.15) is 11.1 Å². The van der Waals surface area contributed by atoms with Crippen molar-refractivity contribution in [2.75, 3.05) is 18.2 Å². The lowest BCUT2D eigenvalue weighted by atomic mass is 10.1. The zero-order valence-corrected chi connectivity index (χ0v) is 17.1. The summed E-state index contributed by atoms with van der Waals surface area (Å²) in [6, 6.07) is 24.0. The molecule has 6 nitrogen and oxygen atoms in total. The highest BCUT2D eigenvalue weighted by atomic mass is 16.5. The van der Waals surface area contributed by atoms with E-state index in [4.69, 9.17) is 9.47 Å². The Morgan fingerprint density at radius 2 is 1.39 bits per heavy atom. The molecule has 6 heteroatoms. The third-order valence-electron chi connectivity index (χ3n) is 4.74. The van der Waals surface area contributed by atoms with Gasteiger partial charge in [0.1, 0.15) is 30.3 Å². The number of carbonyl (C=O) groups is 2. The van der Waals surface area contributed by atoms with E-state index in [1.807, 2.05) is 37.3 Å². The second-order valence-corrected chi connectivity index (χ2v) is 7.05. The number of ether oxygens (including phenoxy) is 2. The maximum absolute atomic E-state index is 12.6. The normalized spacial score (nSPS) is 14.6. The number of amides is 2. The summed E-state index contributed by atoms with van der Waals surface area (Å²) in [7, 11) is 0. The van der Waals surface area contributed by atoms with Gasteiger partial charge in [-0.05, 0) is 55.0 Å². The summed E-state index contributed by atoms with van der Waals surface area (Å²) in [5.74, 6) is 0.676.